The highest BCUT2D eigenvalue weighted by Crippen LogP contribution is 2.28. The maximum Gasteiger partial charge on any atom is 0.125 e. The van der Waals surface area contributed by atoms with E-state index >= 15 is 0 Å². The van der Waals surface area contributed by atoms with E-state index < -0.39 is 0 Å². The van der Waals surface area contributed by atoms with Crippen LogP contribution in [0.25, 0.3) is 0 Å². The molecule has 2 aromatic rings. The van der Waals surface area contributed by atoms with Crippen molar-refractivity contribution in [2.24, 2.45) is 0 Å². The molecule has 3 nitrogen and oxygen atoms in total. The van der Waals surface area contributed by atoms with Gasteiger partial charge in [0, 0.05) is 0 Å². The van der Waals surface area contributed by atoms with E-state index in [0.717, 1.165) is 28.4 Å². The van der Waals surface area contributed by atoms with Crippen LogP contribution in [0.3, 0.4) is 0 Å². The first kappa shape index (κ1) is 12.7. The van der Waals surface area contributed by atoms with Gasteiger partial charge in [-0.15, -0.1) is 0 Å². The van der Waals surface area contributed by atoms with E-state index in [1.165, 1.54) is 0 Å². The van der Waals surface area contributed by atoms with E-state index in [0.29, 0.717) is 0 Å². The molecule has 0 amide bonds. The fourth-order valence-electron chi connectivity index (χ4n) is 2.10. The molecule has 1 N–H and O–H groups in total. The van der Waals surface area contributed by atoms with Gasteiger partial charge in [0.15, 0.2) is 0 Å². The lowest BCUT2D eigenvalue weighted by molar-refractivity contribution is 0.408. The van der Waals surface area contributed by atoms with Gasteiger partial charge in [0.25, 0.3) is 0 Å². The summed E-state index contributed by atoms with van der Waals surface area (Å²) in [5.41, 5.74) is 2.26. The second-order valence-electron chi connectivity index (χ2n) is 4.40. The molecule has 0 spiro atoms. The highest BCUT2D eigenvalue weighted by molar-refractivity contribution is 5.39. The molecule has 1 aromatic carbocycles. The molecular weight excluding hydrogens is 226 g/mol. The zero-order valence-electron chi connectivity index (χ0n) is 11.3. The van der Waals surface area contributed by atoms with Gasteiger partial charge in [-0.05, 0) is 50.2 Å². The summed E-state index contributed by atoms with van der Waals surface area (Å²) in [6, 6.07) is 10.2. The number of ether oxygens (including phenoxy) is 1. The second-order valence-corrected chi connectivity index (χ2v) is 4.40. The molecule has 2 rings (SSSR count). The molecule has 0 fully saturated rings. The van der Waals surface area contributed by atoms with Gasteiger partial charge in [-0.1, -0.05) is 12.1 Å². The monoisotopic (exact) mass is 245 g/mol. The minimum atomic E-state index is 0.0493. The van der Waals surface area contributed by atoms with Crippen LogP contribution in [0.2, 0.25) is 0 Å². The molecule has 0 aliphatic carbocycles. The van der Waals surface area contributed by atoms with E-state index in [1.54, 1.807) is 7.11 Å². The fraction of sp³-hybridized carbons (Fsp3) is 0.333. The zero-order chi connectivity index (χ0) is 13.1. The first-order valence-electron chi connectivity index (χ1n) is 6.04. The van der Waals surface area contributed by atoms with Crippen molar-refractivity contribution in [2.75, 3.05) is 14.2 Å². The number of nitrogens with one attached hydrogen (secondary N) is 1. The summed E-state index contributed by atoms with van der Waals surface area (Å²) >= 11 is 0. The molecule has 18 heavy (non-hydrogen) atoms. The predicted molar refractivity (Wildman–Crippen MR) is 72.1 cm³/mol. The van der Waals surface area contributed by atoms with Crippen LogP contribution in [0.5, 0.6) is 5.75 Å². The van der Waals surface area contributed by atoms with E-state index in [1.807, 2.05) is 39.1 Å². The van der Waals surface area contributed by atoms with Crippen LogP contribution in [-0.2, 0) is 0 Å². The standard InChI is InChI=1S/C15H19NO2/c1-10-5-7-12(9-14(10)17-4)15(16-3)13-8-6-11(2)18-13/h5-9,15-16H,1-4H3. The van der Waals surface area contributed by atoms with E-state index in [4.69, 9.17) is 9.15 Å². The summed E-state index contributed by atoms with van der Waals surface area (Å²) in [6.45, 7) is 3.99. The average molecular weight is 245 g/mol. The Labute approximate surface area is 108 Å². The predicted octanol–water partition coefficient (Wildman–Crippen LogP) is 3.21. The van der Waals surface area contributed by atoms with Crippen molar-refractivity contribution in [3.63, 3.8) is 0 Å². The Bertz CT molecular complexity index is 531. The molecule has 1 heterocycles. The van der Waals surface area contributed by atoms with Crippen LogP contribution in [-0.4, -0.2) is 14.2 Å². The van der Waals surface area contributed by atoms with Crippen LogP contribution < -0.4 is 10.1 Å². The lowest BCUT2D eigenvalue weighted by Crippen LogP contribution is -2.17. The van der Waals surface area contributed by atoms with E-state index in [2.05, 4.69) is 17.4 Å². The quantitative estimate of drug-likeness (QED) is 0.898. The minimum Gasteiger partial charge on any atom is -0.496 e. The van der Waals surface area contributed by atoms with Crippen LogP contribution in [0, 0.1) is 13.8 Å². The lowest BCUT2D eigenvalue weighted by atomic mass is 10.0. The van der Waals surface area contributed by atoms with E-state index in [-0.39, 0.29) is 6.04 Å². The van der Waals surface area contributed by atoms with Crippen LogP contribution >= 0.6 is 0 Å². The molecule has 1 atom stereocenters. The maximum absolute atomic E-state index is 5.69. The molecule has 0 aliphatic heterocycles. The van der Waals surface area contributed by atoms with Crippen molar-refractivity contribution in [1.82, 2.24) is 5.32 Å². The summed E-state index contributed by atoms with van der Waals surface area (Å²) in [4.78, 5) is 0. The Hall–Kier alpha value is -1.74. The van der Waals surface area contributed by atoms with Crippen molar-refractivity contribution < 1.29 is 9.15 Å². The number of hydrogen-bond acceptors (Lipinski definition) is 3. The van der Waals surface area contributed by atoms with Gasteiger partial charge in [0.1, 0.15) is 17.3 Å². The fourth-order valence-corrected chi connectivity index (χ4v) is 2.10. The third-order valence-electron chi connectivity index (χ3n) is 3.10. The van der Waals surface area contributed by atoms with Crippen molar-refractivity contribution in [3.8, 4) is 5.75 Å². The summed E-state index contributed by atoms with van der Waals surface area (Å²) < 4.78 is 11.1. The second kappa shape index (κ2) is 5.27. The van der Waals surface area contributed by atoms with Crippen LogP contribution in [0.4, 0.5) is 0 Å². The number of benzene rings is 1. The minimum absolute atomic E-state index is 0.0493. The molecule has 0 aliphatic rings. The molecule has 0 radical (unpaired) electrons. The van der Waals surface area contributed by atoms with E-state index in [9.17, 15) is 0 Å². The molecule has 0 saturated carbocycles. The Morgan fingerprint density at radius 3 is 2.50 bits per heavy atom. The molecule has 1 aromatic heterocycles. The van der Waals surface area contributed by atoms with Gasteiger partial charge >= 0.3 is 0 Å². The zero-order valence-corrected chi connectivity index (χ0v) is 11.3. The smallest absolute Gasteiger partial charge is 0.125 e. The topological polar surface area (TPSA) is 34.4 Å². The molecule has 96 valence electrons. The summed E-state index contributed by atoms with van der Waals surface area (Å²) in [5, 5.41) is 3.27. The van der Waals surface area contributed by atoms with Gasteiger partial charge in [-0.25, -0.2) is 0 Å². The first-order chi connectivity index (χ1) is 8.65. The SMILES string of the molecule is CNC(c1ccc(C)c(OC)c1)c1ccc(C)o1. The third kappa shape index (κ3) is 2.41. The Kier molecular flexibility index (Phi) is 3.72. The molecule has 1 unspecified atom stereocenters. The van der Waals surface area contributed by atoms with Crippen molar-refractivity contribution in [3.05, 3.63) is 53.0 Å². The van der Waals surface area contributed by atoms with Gasteiger partial charge in [-0.3, -0.25) is 0 Å². The largest absolute Gasteiger partial charge is 0.496 e. The Morgan fingerprint density at radius 1 is 1.17 bits per heavy atom. The number of furan rings is 1. The van der Waals surface area contributed by atoms with Crippen LogP contribution in [0.1, 0.15) is 28.7 Å². The molecule has 3 heteroatoms. The van der Waals surface area contributed by atoms with Gasteiger partial charge < -0.3 is 14.5 Å². The molecule has 0 saturated heterocycles. The van der Waals surface area contributed by atoms with Gasteiger partial charge in [-0.2, -0.15) is 0 Å². The number of aryl methyl sites for hydroxylation is 2. The molecular formula is C15H19NO2. The summed E-state index contributed by atoms with van der Waals surface area (Å²) in [5.74, 6) is 2.74. The molecule has 0 bridgehead atoms. The normalized spacial score (nSPS) is 12.4. The first-order valence-corrected chi connectivity index (χ1v) is 6.04. The third-order valence-corrected chi connectivity index (χ3v) is 3.10. The van der Waals surface area contributed by atoms with Crippen molar-refractivity contribution in [1.29, 1.82) is 0 Å². The van der Waals surface area contributed by atoms with Gasteiger partial charge in [0.2, 0.25) is 0 Å². The highest BCUT2D eigenvalue weighted by atomic mass is 16.5. The van der Waals surface area contributed by atoms with Crippen molar-refractivity contribution >= 4 is 0 Å². The average Bonchev–Trinajstić information content (AvgIpc) is 2.79. The van der Waals surface area contributed by atoms with Crippen molar-refractivity contribution in [2.45, 2.75) is 19.9 Å². The lowest BCUT2D eigenvalue weighted by Gasteiger charge is -2.16. The Balaban J connectivity index is 2.38. The van der Waals surface area contributed by atoms with Crippen LogP contribution in [0.15, 0.2) is 34.7 Å². The van der Waals surface area contributed by atoms with Gasteiger partial charge in [0.05, 0.1) is 13.2 Å². The summed E-state index contributed by atoms with van der Waals surface area (Å²) in [7, 11) is 3.62. The number of hydrogen-bond donors (Lipinski definition) is 1. The highest BCUT2D eigenvalue weighted by Gasteiger charge is 2.16. The summed E-state index contributed by atoms with van der Waals surface area (Å²) in [6.07, 6.45) is 0. The maximum atomic E-state index is 5.69. The number of methoxy groups -OCH3 is 1. The number of rotatable bonds is 4. The Morgan fingerprint density at radius 2 is 1.94 bits per heavy atom.